The van der Waals surface area contributed by atoms with Crippen LogP contribution in [0.5, 0.6) is 11.5 Å². The highest BCUT2D eigenvalue weighted by molar-refractivity contribution is 5.62. The fourth-order valence-corrected chi connectivity index (χ4v) is 2.33. The second-order valence-electron chi connectivity index (χ2n) is 5.14. The molecule has 0 fully saturated rings. The van der Waals surface area contributed by atoms with E-state index in [1.165, 1.54) is 19.2 Å². The predicted octanol–water partition coefficient (Wildman–Crippen LogP) is 3.54. The van der Waals surface area contributed by atoms with Crippen molar-refractivity contribution in [2.45, 2.75) is 27.0 Å². The largest absolute Gasteiger partial charge is 0.493 e. The van der Waals surface area contributed by atoms with Gasteiger partial charge in [-0.05, 0) is 32.0 Å². The Morgan fingerprint density at radius 2 is 1.96 bits per heavy atom. The Morgan fingerprint density at radius 3 is 2.60 bits per heavy atom. The highest BCUT2D eigenvalue weighted by Crippen LogP contribution is 2.34. The molecule has 0 N–H and O–H groups in total. The number of rotatable bonds is 6. The van der Waals surface area contributed by atoms with Gasteiger partial charge in [0.25, 0.3) is 5.89 Å². The summed E-state index contributed by atoms with van der Waals surface area (Å²) >= 11 is 0. The summed E-state index contributed by atoms with van der Waals surface area (Å²) in [5.41, 5.74) is 2.04. The Kier molecular flexibility index (Phi) is 4.64. The summed E-state index contributed by atoms with van der Waals surface area (Å²) in [6.07, 6.45) is 1.83. The lowest BCUT2D eigenvalue weighted by Gasteiger charge is -2.10. The van der Waals surface area contributed by atoms with Crippen molar-refractivity contribution in [3.05, 3.63) is 30.1 Å². The van der Waals surface area contributed by atoms with Crippen LogP contribution in [0.15, 0.2) is 28.8 Å². The van der Waals surface area contributed by atoms with Crippen LogP contribution in [-0.2, 0) is 6.54 Å². The molecule has 9 heteroatoms. The summed E-state index contributed by atoms with van der Waals surface area (Å²) in [5, 5.41) is 12.4. The molecule has 0 radical (unpaired) electrons. The van der Waals surface area contributed by atoms with Crippen molar-refractivity contribution in [2.75, 3.05) is 7.11 Å². The van der Waals surface area contributed by atoms with E-state index in [4.69, 9.17) is 9.15 Å². The third kappa shape index (κ3) is 3.44. The molecule has 0 amide bonds. The molecule has 0 saturated carbocycles. The Hall–Kier alpha value is -2.97. The zero-order valence-electron chi connectivity index (χ0n) is 13.9. The molecule has 25 heavy (non-hydrogen) atoms. The molecule has 3 aromatic rings. The number of hydrogen-bond donors (Lipinski definition) is 0. The molecule has 2 heterocycles. The fourth-order valence-electron chi connectivity index (χ4n) is 2.33. The minimum Gasteiger partial charge on any atom is -0.493 e. The molecule has 3 rings (SSSR count). The highest BCUT2D eigenvalue weighted by atomic mass is 19.3. The first-order valence-electron chi connectivity index (χ1n) is 7.53. The standard InChI is InChI=1S/C16H16F2N4O3/c1-4-22-8-11(9(2)21-22)15-20-19-14(25-15)10-5-6-12(24-16(17)18)13(7-10)23-3/h5-8,16H,4H2,1-3H3. The Bertz CT molecular complexity index is 876. The van der Waals surface area contributed by atoms with Crippen molar-refractivity contribution >= 4 is 0 Å². The maximum absolute atomic E-state index is 12.4. The monoisotopic (exact) mass is 350 g/mol. The van der Waals surface area contributed by atoms with E-state index in [2.05, 4.69) is 20.0 Å². The van der Waals surface area contributed by atoms with Gasteiger partial charge in [0.05, 0.1) is 18.4 Å². The predicted molar refractivity (Wildman–Crippen MR) is 84.6 cm³/mol. The van der Waals surface area contributed by atoms with Crippen molar-refractivity contribution in [1.29, 1.82) is 0 Å². The van der Waals surface area contributed by atoms with Gasteiger partial charge in [-0.25, -0.2) is 0 Å². The minimum absolute atomic E-state index is 0.0685. The van der Waals surface area contributed by atoms with Crippen molar-refractivity contribution < 1.29 is 22.7 Å². The Labute approximate surface area is 142 Å². The van der Waals surface area contributed by atoms with E-state index in [0.717, 1.165) is 17.8 Å². The van der Waals surface area contributed by atoms with Gasteiger partial charge in [-0.3, -0.25) is 4.68 Å². The number of aromatic nitrogens is 4. The third-order valence-corrected chi connectivity index (χ3v) is 3.55. The molecule has 0 unspecified atom stereocenters. The maximum Gasteiger partial charge on any atom is 0.387 e. The summed E-state index contributed by atoms with van der Waals surface area (Å²) in [6, 6.07) is 4.40. The SMILES string of the molecule is CCn1cc(-c2nnc(-c3ccc(OC(F)F)c(OC)c3)o2)c(C)n1. The topological polar surface area (TPSA) is 75.2 Å². The summed E-state index contributed by atoms with van der Waals surface area (Å²) < 4.78 is 41.7. The van der Waals surface area contributed by atoms with Gasteiger partial charge in [0, 0.05) is 18.3 Å². The molecule has 0 aliphatic rings. The summed E-state index contributed by atoms with van der Waals surface area (Å²) in [4.78, 5) is 0. The van der Waals surface area contributed by atoms with E-state index in [0.29, 0.717) is 11.5 Å². The number of methoxy groups -OCH3 is 1. The van der Waals surface area contributed by atoms with Crippen molar-refractivity contribution in [3.8, 4) is 34.4 Å². The van der Waals surface area contributed by atoms with Crippen molar-refractivity contribution in [1.82, 2.24) is 20.0 Å². The Morgan fingerprint density at radius 1 is 1.20 bits per heavy atom. The number of benzene rings is 1. The minimum atomic E-state index is -2.94. The van der Waals surface area contributed by atoms with Crippen LogP contribution in [0.1, 0.15) is 12.6 Å². The normalized spacial score (nSPS) is 11.1. The third-order valence-electron chi connectivity index (χ3n) is 3.55. The zero-order chi connectivity index (χ0) is 18.0. The molecular weight excluding hydrogens is 334 g/mol. The smallest absolute Gasteiger partial charge is 0.387 e. The molecule has 0 saturated heterocycles. The molecule has 0 aliphatic carbocycles. The Balaban J connectivity index is 1.92. The number of alkyl halides is 2. The number of halogens is 2. The molecular formula is C16H16F2N4O3. The molecule has 132 valence electrons. The van der Waals surface area contributed by atoms with Gasteiger partial charge in [-0.1, -0.05) is 0 Å². The first-order valence-corrected chi connectivity index (χ1v) is 7.53. The first kappa shape index (κ1) is 16.9. The van der Waals surface area contributed by atoms with E-state index in [9.17, 15) is 8.78 Å². The lowest BCUT2D eigenvalue weighted by molar-refractivity contribution is -0.0512. The van der Waals surface area contributed by atoms with Gasteiger partial charge < -0.3 is 13.9 Å². The molecule has 0 aliphatic heterocycles. The van der Waals surface area contributed by atoms with E-state index in [-0.39, 0.29) is 17.4 Å². The molecule has 7 nitrogen and oxygen atoms in total. The van der Waals surface area contributed by atoms with Crippen LogP contribution < -0.4 is 9.47 Å². The van der Waals surface area contributed by atoms with E-state index >= 15 is 0 Å². The molecule has 0 bridgehead atoms. The van der Waals surface area contributed by atoms with E-state index in [1.54, 1.807) is 10.7 Å². The van der Waals surface area contributed by atoms with Crippen LogP contribution >= 0.6 is 0 Å². The van der Waals surface area contributed by atoms with Gasteiger partial charge in [-0.2, -0.15) is 13.9 Å². The van der Waals surface area contributed by atoms with Crippen LogP contribution in [0.25, 0.3) is 22.9 Å². The van der Waals surface area contributed by atoms with Crippen LogP contribution in [0.3, 0.4) is 0 Å². The number of ether oxygens (including phenoxy) is 2. The van der Waals surface area contributed by atoms with Crippen LogP contribution in [0.4, 0.5) is 8.78 Å². The van der Waals surface area contributed by atoms with Crippen LogP contribution in [0.2, 0.25) is 0 Å². The molecule has 0 atom stereocenters. The lowest BCUT2D eigenvalue weighted by Crippen LogP contribution is -2.03. The van der Waals surface area contributed by atoms with Crippen molar-refractivity contribution in [3.63, 3.8) is 0 Å². The molecule has 2 aromatic heterocycles. The fraction of sp³-hybridized carbons (Fsp3) is 0.312. The molecule has 1 aromatic carbocycles. The second-order valence-corrected chi connectivity index (χ2v) is 5.14. The van der Waals surface area contributed by atoms with Gasteiger partial charge in [0.1, 0.15) is 0 Å². The summed E-state index contributed by atoms with van der Waals surface area (Å²) in [5.74, 6) is 0.646. The average Bonchev–Trinajstić information content (AvgIpc) is 3.21. The van der Waals surface area contributed by atoms with E-state index in [1.807, 2.05) is 20.0 Å². The van der Waals surface area contributed by atoms with Crippen LogP contribution in [0, 0.1) is 6.92 Å². The van der Waals surface area contributed by atoms with Crippen LogP contribution in [-0.4, -0.2) is 33.7 Å². The van der Waals surface area contributed by atoms with Crippen molar-refractivity contribution in [2.24, 2.45) is 0 Å². The lowest BCUT2D eigenvalue weighted by atomic mass is 10.2. The summed E-state index contributed by atoms with van der Waals surface area (Å²) in [7, 11) is 1.36. The average molecular weight is 350 g/mol. The first-order chi connectivity index (χ1) is 12.0. The van der Waals surface area contributed by atoms with Gasteiger partial charge in [-0.15, -0.1) is 10.2 Å². The quantitative estimate of drug-likeness (QED) is 0.677. The number of hydrogen-bond acceptors (Lipinski definition) is 6. The van der Waals surface area contributed by atoms with E-state index < -0.39 is 6.61 Å². The van der Waals surface area contributed by atoms with Gasteiger partial charge in [0.15, 0.2) is 11.5 Å². The molecule has 0 spiro atoms. The number of nitrogens with zero attached hydrogens (tertiary/aromatic N) is 4. The highest BCUT2D eigenvalue weighted by Gasteiger charge is 2.17. The number of aryl methyl sites for hydroxylation is 2. The van der Waals surface area contributed by atoms with Gasteiger partial charge >= 0.3 is 6.61 Å². The second kappa shape index (κ2) is 6.88. The zero-order valence-corrected chi connectivity index (χ0v) is 13.9. The maximum atomic E-state index is 12.4. The summed E-state index contributed by atoms with van der Waals surface area (Å²) in [6.45, 7) is 1.62. The van der Waals surface area contributed by atoms with Gasteiger partial charge in [0.2, 0.25) is 5.89 Å².